The highest BCUT2D eigenvalue weighted by Crippen LogP contribution is 2.43. The first kappa shape index (κ1) is 58.4. The van der Waals surface area contributed by atoms with Crippen LogP contribution in [0, 0.1) is 5.92 Å². The summed E-state index contributed by atoms with van der Waals surface area (Å²) in [6, 6.07) is 0. The highest BCUT2D eigenvalue weighted by atomic mass is 31.2. The van der Waals surface area contributed by atoms with Gasteiger partial charge in [-0.05, 0) is 50.9 Å². The van der Waals surface area contributed by atoms with Crippen molar-refractivity contribution in [1.82, 2.24) is 0 Å². The predicted molar refractivity (Wildman–Crippen MR) is 248 cm³/mol. The third-order valence-corrected chi connectivity index (χ3v) is 11.0. The number of carbonyl (C=O) groups excluding carboxylic acids is 2. The molecule has 0 aromatic heterocycles. The Kier molecular flexibility index (Phi) is 40.8. The summed E-state index contributed by atoms with van der Waals surface area (Å²) >= 11 is 0. The van der Waals surface area contributed by atoms with Crippen LogP contribution in [-0.2, 0) is 32.7 Å². The van der Waals surface area contributed by atoms with Crippen molar-refractivity contribution in [2.75, 3.05) is 26.4 Å². The maximum absolute atomic E-state index is 12.7. The summed E-state index contributed by atoms with van der Waals surface area (Å²) in [5.41, 5.74) is 0. The average Bonchev–Trinajstić information content (AvgIpc) is 3.24. The van der Waals surface area contributed by atoms with E-state index in [4.69, 9.17) is 19.1 Å². The zero-order valence-corrected chi connectivity index (χ0v) is 39.0. The Bertz CT molecular complexity index is 1270. The molecule has 11 nitrogen and oxygen atoms in total. The molecule has 61 heavy (non-hydrogen) atoms. The second-order valence-electron chi connectivity index (χ2n) is 15.8. The largest absolute Gasteiger partial charge is 0.472 e. The van der Waals surface area contributed by atoms with Crippen LogP contribution >= 0.6 is 7.82 Å². The Morgan fingerprint density at radius 1 is 0.623 bits per heavy atom. The number of hydrogen-bond acceptors (Lipinski definition) is 10. The van der Waals surface area contributed by atoms with E-state index in [0.29, 0.717) is 19.3 Å². The van der Waals surface area contributed by atoms with Crippen LogP contribution in [0.4, 0.5) is 0 Å². The minimum Gasteiger partial charge on any atom is -0.462 e. The van der Waals surface area contributed by atoms with Gasteiger partial charge in [-0.25, -0.2) is 4.57 Å². The van der Waals surface area contributed by atoms with E-state index in [2.05, 4.69) is 61.8 Å². The summed E-state index contributed by atoms with van der Waals surface area (Å²) in [7, 11) is -4.66. The lowest BCUT2D eigenvalue weighted by Crippen LogP contribution is -2.29. The predicted octanol–water partition coefficient (Wildman–Crippen LogP) is 11.7. The average molecular weight is 881 g/mol. The van der Waals surface area contributed by atoms with Crippen molar-refractivity contribution in [2.24, 2.45) is 5.92 Å². The molecule has 0 aliphatic heterocycles. The maximum Gasteiger partial charge on any atom is 0.472 e. The van der Waals surface area contributed by atoms with E-state index in [9.17, 15) is 29.3 Å². The molecule has 0 aliphatic carbocycles. The molecule has 0 spiro atoms. The number of unbranched alkanes of at least 4 members (excludes halogenated alkanes) is 13. The van der Waals surface area contributed by atoms with Crippen LogP contribution < -0.4 is 0 Å². The lowest BCUT2D eigenvalue weighted by atomic mass is 9.99. The molecule has 0 saturated carbocycles. The molecule has 4 N–H and O–H groups in total. The van der Waals surface area contributed by atoms with E-state index in [0.717, 1.165) is 50.9 Å². The van der Waals surface area contributed by atoms with Crippen LogP contribution in [0.3, 0.4) is 0 Å². The summed E-state index contributed by atoms with van der Waals surface area (Å²) in [6.45, 7) is 4.44. The summed E-state index contributed by atoms with van der Waals surface area (Å²) in [6.07, 6.45) is 44.7. The fourth-order valence-corrected chi connectivity index (χ4v) is 6.81. The summed E-state index contributed by atoms with van der Waals surface area (Å²) in [4.78, 5) is 35.1. The first-order chi connectivity index (χ1) is 29.5. The van der Waals surface area contributed by atoms with Crippen LogP contribution in [0.1, 0.15) is 175 Å². The number of phosphoric acid groups is 1. The van der Waals surface area contributed by atoms with E-state index in [-0.39, 0.29) is 12.8 Å². The molecule has 0 bridgehead atoms. The minimum absolute atomic E-state index is 0.0330. The van der Waals surface area contributed by atoms with E-state index in [1.165, 1.54) is 77.0 Å². The highest BCUT2D eigenvalue weighted by Gasteiger charge is 2.27. The molecule has 5 atom stereocenters. The molecule has 0 heterocycles. The van der Waals surface area contributed by atoms with Crippen LogP contribution in [0.2, 0.25) is 0 Å². The van der Waals surface area contributed by atoms with Crippen molar-refractivity contribution in [3.8, 4) is 0 Å². The highest BCUT2D eigenvalue weighted by molar-refractivity contribution is 7.47. The van der Waals surface area contributed by atoms with Crippen LogP contribution in [0.25, 0.3) is 0 Å². The molecule has 0 rings (SSSR count). The van der Waals surface area contributed by atoms with Crippen molar-refractivity contribution in [3.05, 3.63) is 72.9 Å². The summed E-state index contributed by atoms with van der Waals surface area (Å²) < 4.78 is 32.6. The Balaban J connectivity index is 4.45. The van der Waals surface area contributed by atoms with Crippen molar-refractivity contribution in [1.29, 1.82) is 0 Å². The summed E-state index contributed by atoms with van der Waals surface area (Å²) in [5.74, 6) is -0.244. The van der Waals surface area contributed by atoms with Gasteiger partial charge in [-0.3, -0.25) is 18.6 Å². The van der Waals surface area contributed by atoms with Gasteiger partial charge in [0.05, 0.1) is 25.9 Å². The van der Waals surface area contributed by atoms with E-state index >= 15 is 0 Å². The zero-order valence-electron chi connectivity index (χ0n) is 38.1. The lowest BCUT2D eigenvalue weighted by Gasteiger charge is -2.20. The first-order valence-electron chi connectivity index (χ1n) is 23.4. The van der Waals surface area contributed by atoms with Crippen LogP contribution in [0.5, 0.6) is 0 Å². The SMILES string of the molecule is CC/C=C\C/C=C\C/C=C\C/C=C\C=C/C(O)C/C=C\CCC(=O)OC[C@H](COP(=O)(O)OC[C@@H](O)CO)OC(=O)CCCCCCCCCCCCCCCCC(C)CC. The summed E-state index contributed by atoms with van der Waals surface area (Å²) in [5, 5.41) is 28.6. The monoisotopic (exact) mass is 881 g/mol. The second-order valence-corrected chi connectivity index (χ2v) is 17.3. The molecule has 0 fully saturated rings. The van der Waals surface area contributed by atoms with Gasteiger partial charge in [-0.2, -0.15) is 0 Å². The quantitative estimate of drug-likeness (QED) is 0.0151. The number of aliphatic hydroxyl groups is 3. The topological polar surface area (TPSA) is 169 Å². The van der Waals surface area contributed by atoms with E-state index < -0.39 is 64.5 Å². The molecule has 0 amide bonds. The molecule has 0 saturated heterocycles. The molecular weight excluding hydrogens is 796 g/mol. The van der Waals surface area contributed by atoms with Gasteiger partial charge in [-0.15, -0.1) is 0 Å². The standard InChI is InChI=1S/C49H85O11P/c1-4-6-7-8-9-10-11-14-18-21-24-27-31-36-45(51)37-32-29-34-38-48(53)57-42-47(43-59-61(55,56)58-41-46(52)40-50)60-49(54)39-33-28-25-22-19-16-13-12-15-17-20-23-26-30-35-44(3)5-2/h6-7,9-10,14,18,24,27,29,31-32,36,44-47,50-52H,4-5,8,11-13,15-17,19-23,25-26,28,30,33-35,37-43H2,1-3H3,(H,55,56)/b7-6-,10-9-,18-14-,27-24-,32-29-,36-31-/t44?,45?,46-,47+/m0/s1. The molecule has 0 aliphatic rings. The number of aliphatic hydroxyl groups excluding tert-OH is 3. The van der Waals surface area contributed by atoms with Crippen molar-refractivity contribution >= 4 is 19.8 Å². The molecule has 3 unspecified atom stereocenters. The zero-order chi connectivity index (χ0) is 45.1. The maximum atomic E-state index is 12.7. The van der Waals surface area contributed by atoms with Crippen LogP contribution in [-0.4, -0.2) is 76.9 Å². The number of allylic oxidation sites excluding steroid dienone is 10. The van der Waals surface area contributed by atoms with Crippen LogP contribution in [0.15, 0.2) is 72.9 Å². The van der Waals surface area contributed by atoms with E-state index in [1.54, 1.807) is 24.3 Å². The molecule has 0 radical (unpaired) electrons. The number of ether oxygens (including phenoxy) is 2. The Morgan fingerprint density at radius 2 is 1.16 bits per heavy atom. The first-order valence-corrected chi connectivity index (χ1v) is 24.9. The van der Waals surface area contributed by atoms with Crippen molar-refractivity contribution in [2.45, 2.75) is 193 Å². The second kappa shape index (κ2) is 42.7. The number of carbonyl (C=O) groups is 2. The van der Waals surface area contributed by atoms with Crippen molar-refractivity contribution in [3.63, 3.8) is 0 Å². The third-order valence-electron chi connectivity index (χ3n) is 10.0. The van der Waals surface area contributed by atoms with Gasteiger partial charge in [-0.1, -0.05) is 190 Å². The minimum atomic E-state index is -4.66. The molecule has 0 aromatic rings. The number of esters is 2. The molecular formula is C49H85O11P. The fourth-order valence-electron chi connectivity index (χ4n) is 6.02. The van der Waals surface area contributed by atoms with Gasteiger partial charge in [0.1, 0.15) is 12.7 Å². The van der Waals surface area contributed by atoms with Gasteiger partial charge < -0.3 is 29.7 Å². The molecule has 352 valence electrons. The Labute approximate surface area is 370 Å². The molecule has 12 heteroatoms. The lowest BCUT2D eigenvalue weighted by molar-refractivity contribution is -0.161. The Morgan fingerprint density at radius 3 is 1.74 bits per heavy atom. The van der Waals surface area contributed by atoms with Gasteiger partial charge in [0.15, 0.2) is 6.10 Å². The third kappa shape index (κ3) is 42.4. The smallest absolute Gasteiger partial charge is 0.462 e. The van der Waals surface area contributed by atoms with Crippen molar-refractivity contribution < 1.29 is 52.9 Å². The van der Waals surface area contributed by atoms with Gasteiger partial charge in [0.25, 0.3) is 0 Å². The van der Waals surface area contributed by atoms with E-state index in [1.807, 2.05) is 12.2 Å². The normalized spacial score (nSPS) is 15.5. The molecule has 0 aromatic carbocycles. The van der Waals surface area contributed by atoms with Gasteiger partial charge in [0.2, 0.25) is 0 Å². The number of rotatable bonds is 42. The fraction of sp³-hybridized carbons (Fsp3) is 0.714. The van der Waals surface area contributed by atoms with Gasteiger partial charge >= 0.3 is 19.8 Å². The van der Waals surface area contributed by atoms with Gasteiger partial charge in [0, 0.05) is 12.8 Å². The number of hydrogen-bond donors (Lipinski definition) is 4. The Hall–Kier alpha value is -2.63. The number of phosphoric ester groups is 1.